The first kappa shape index (κ1) is 14.1. The van der Waals surface area contributed by atoms with E-state index in [4.69, 9.17) is 0 Å². The van der Waals surface area contributed by atoms with Crippen LogP contribution in [0.2, 0.25) is 0 Å². The van der Waals surface area contributed by atoms with Crippen LogP contribution in [0.1, 0.15) is 6.42 Å². The molecule has 19 heavy (non-hydrogen) atoms. The largest absolute Gasteiger partial charge is 0.325 e. The second kappa shape index (κ2) is 6.21. The average Bonchev–Trinajstić information content (AvgIpc) is 2.73. The van der Waals surface area contributed by atoms with E-state index in [0.29, 0.717) is 10.9 Å². The number of nitrogens with zero attached hydrogens (tertiary/aromatic N) is 1. The fourth-order valence-corrected chi connectivity index (χ4v) is 2.90. The van der Waals surface area contributed by atoms with Crippen LogP contribution in [0.5, 0.6) is 0 Å². The number of para-hydroxylation sites is 1. The first-order chi connectivity index (χ1) is 9.10. The van der Waals surface area contributed by atoms with Crippen LogP contribution >= 0.6 is 27.7 Å². The summed E-state index contributed by atoms with van der Waals surface area (Å²) in [6.45, 7) is 0. The molecule has 0 bridgehead atoms. The van der Waals surface area contributed by atoms with Gasteiger partial charge in [0, 0.05) is 17.9 Å². The number of carbonyl (C=O) groups excluding carboxylic acids is 2. The Labute approximate surface area is 123 Å². The lowest BCUT2D eigenvalue weighted by Crippen LogP contribution is -2.28. The highest BCUT2D eigenvalue weighted by Crippen LogP contribution is 2.24. The standard InChI is InChI=1S/C12H12BrN3O2S/c1-14-12-16-11(18)9(19-12)6-10(17)15-8-5-3-2-4-7(8)13/h2-5,9H,6H2,1H3,(H,15,17)(H,14,16,18)/t9-/m0/s1. The monoisotopic (exact) mass is 341 g/mol. The SMILES string of the molecule is CN=C1NC(=O)[C@H](CC(=O)Nc2ccccc2Br)S1. The molecule has 0 unspecified atom stereocenters. The van der Waals surface area contributed by atoms with Gasteiger partial charge in [0.25, 0.3) is 0 Å². The Kier molecular flexibility index (Phi) is 4.60. The van der Waals surface area contributed by atoms with Gasteiger partial charge in [0.05, 0.1) is 5.69 Å². The number of hydrogen-bond acceptors (Lipinski definition) is 4. The van der Waals surface area contributed by atoms with E-state index in [0.717, 1.165) is 4.47 Å². The summed E-state index contributed by atoms with van der Waals surface area (Å²) in [5.41, 5.74) is 0.695. The zero-order valence-corrected chi connectivity index (χ0v) is 12.5. The number of aliphatic imine (C=N–C) groups is 1. The molecule has 0 radical (unpaired) electrons. The second-order valence-electron chi connectivity index (χ2n) is 3.86. The summed E-state index contributed by atoms with van der Waals surface area (Å²) in [5.74, 6) is -0.371. The van der Waals surface area contributed by atoms with Gasteiger partial charge in [-0.1, -0.05) is 23.9 Å². The number of hydrogen-bond donors (Lipinski definition) is 2. The van der Waals surface area contributed by atoms with Gasteiger partial charge >= 0.3 is 0 Å². The maximum atomic E-state index is 11.9. The van der Waals surface area contributed by atoms with Gasteiger partial charge in [-0.05, 0) is 28.1 Å². The molecule has 1 fully saturated rings. The molecule has 1 aromatic carbocycles. The van der Waals surface area contributed by atoms with Crippen LogP contribution in [-0.2, 0) is 9.59 Å². The van der Waals surface area contributed by atoms with E-state index < -0.39 is 5.25 Å². The van der Waals surface area contributed by atoms with Crippen molar-refractivity contribution in [3.63, 3.8) is 0 Å². The highest BCUT2D eigenvalue weighted by molar-refractivity contribution is 9.10. The van der Waals surface area contributed by atoms with Gasteiger partial charge in [-0.15, -0.1) is 0 Å². The topological polar surface area (TPSA) is 70.6 Å². The molecule has 0 spiro atoms. The zero-order valence-electron chi connectivity index (χ0n) is 10.1. The number of rotatable bonds is 3. The van der Waals surface area contributed by atoms with Crippen molar-refractivity contribution in [2.45, 2.75) is 11.7 Å². The molecule has 0 aliphatic carbocycles. The van der Waals surface area contributed by atoms with E-state index in [-0.39, 0.29) is 18.2 Å². The Morgan fingerprint density at radius 1 is 1.53 bits per heavy atom. The van der Waals surface area contributed by atoms with Gasteiger partial charge in [-0.25, -0.2) is 0 Å². The minimum Gasteiger partial charge on any atom is -0.325 e. The van der Waals surface area contributed by atoms with Crippen molar-refractivity contribution < 1.29 is 9.59 Å². The summed E-state index contributed by atoms with van der Waals surface area (Å²) in [7, 11) is 1.60. The van der Waals surface area contributed by atoms with Crippen molar-refractivity contribution in [2.75, 3.05) is 12.4 Å². The van der Waals surface area contributed by atoms with Crippen molar-refractivity contribution in [2.24, 2.45) is 4.99 Å². The summed E-state index contributed by atoms with van der Waals surface area (Å²) in [6, 6.07) is 7.33. The molecule has 0 aromatic heterocycles. The smallest absolute Gasteiger partial charge is 0.240 e. The van der Waals surface area contributed by atoms with Crippen molar-refractivity contribution >= 4 is 50.4 Å². The quantitative estimate of drug-likeness (QED) is 0.883. The normalized spacial score (nSPS) is 20.4. The fourth-order valence-electron chi connectivity index (χ4n) is 1.58. The molecule has 2 rings (SSSR count). The van der Waals surface area contributed by atoms with Crippen LogP contribution in [0.25, 0.3) is 0 Å². The fraction of sp³-hybridized carbons (Fsp3) is 0.250. The maximum Gasteiger partial charge on any atom is 0.240 e. The summed E-state index contributed by atoms with van der Waals surface area (Å²) >= 11 is 4.63. The van der Waals surface area contributed by atoms with Crippen LogP contribution in [0, 0.1) is 0 Å². The highest BCUT2D eigenvalue weighted by Gasteiger charge is 2.31. The Balaban J connectivity index is 1.96. The lowest BCUT2D eigenvalue weighted by molar-refractivity contribution is -0.122. The van der Waals surface area contributed by atoms with E-state index >= 15 is 0 Å². The van der Waals surface area contributed by atoms with Gasteiger partial charge in [-0.3, -0.25) is 14.6 Å². The molecule has 1 aliphatic rings. The Morgan fingerprint density at radius 2 is 2.26 bits per heavy atom. The Hall–Kier alpha value is -1.34. The van der Waals surface area contributed by atoms with E-state index in [1.165, 1.54) is 11.8 Å². The molecule has 1 aromatic rings. The predicted octanol–water partition coefficient (Wildman–Crippen LogP) is 2.00. The summed E-state index contributed by atoms with van der Waals surface area (Å²) < 4.78 is 0.808. The lowest BCUT2D eigenvalue weighted by Gasteiger charge is -2.08. The Morgan fingerprint density at radius 3 is 2.89 bits per heavy atom. The van der Waals surface area contributed by atoms with Crippen molar-refractivity contribution in [3.05, 3.63) is 28.7 Å². The molecule has 1 heterocycles. The van der Waals surface area contributed by atoms with Gasteiger partial charge in [0.15, 0.2) is 5.17 Å². The number of amidine groups is 1. The molecule has 2 N–H and O–H groups in total. The number of benzene rings is 1. The summed E-state index contributed by atoms with van der Waals surface area (Å²) in [6.07, 6.45) is 0.122. The van der Waals surface area contributed by atoms with Crippen LogP contribution in [0.3, 0.4) is 0 Å². The second-order valence-corrected chi connectivity index (χ2v) is 5.90. The Bertz CT molecular complexity index is 548. The van der Waals surface area contributed by atoms with Crippen molar-refractivity contribution in [3.8, 4) is 0 Å². The minimum absolute atomic E-state index is 0.122. The molecule has 5 nitrogen and oxygen atoms in total. The third-order valence-electron chi connectivity index (χ3n) is 2.50. The number of carbonyl (C=O) groups is 2. The molecular formula is C12H12BrN3O2S. The molecule has 100 valence electrons. The summed E-state index contributed by atoms with van der Waals surface area (Å²) in [4.78, 5) is 27.4. The van der Waals surface area contributed by atoms with E-state index in [1.54, 1.807) is 13.1 Å². The number of nitrogens with one attached hydrogen (secondary N) is 2. The number of thioether (sulfide) groups is 1. The number of halogens is 1. The number of anilines is 1. The molecule has 1 aliphatic heterocycles. The van der Waals surface area contributed by atoms with Gasteiger partial charge in [0.2, 0.25) is 11.8 Å². The van der Waals surface area contributed by atoms with Crippen LogP contribution in [0.4, 0.5) is 5.69 Å². The van der Waals surface area contributed by atoms with Crippen molar-refractivity contribution in [1.82, 2.24) is 5.32 Å². The van der Waals surface area contributed by atoms with Gasteiger partial charge in [0.1, 0.15) is 5.25 Å². The van der Waals surface area contributed by atoms with E-state index in [2.05, 4.69) is 31.6 Å². The van der Waals surface area contributed by atoms with Crippen LogP contribution < -0.4 is 10.6 Å². The molecule has 1 atom stereocenters. The summed E-state index contributed by atoms with van der Waals surface area (Å²) in [5, 5.41) is 5.53. The molecule has 2 amide bonds. The van der Waals surface area contributed by atoms with E-state index in [9.17, 15) is 9.59 Å². The average molecular weight is 342 g/mol. The van der Waals surface area contributed by atoms with Gasteiger partial charge < -0.3 is 10.6 Å². The first-order valence-electron chi connectivity index (χ1n) is 5.59. The van der Waals surface area contributed by atoms with Crippen LogP contribution in [-0.4, -0.2) is 29.3 Å². The minimum atomic E-state index is -0.416. The molecular weight excluding hydrogens is 330 g/mol. The van der Waals surface area contributed by atoms with Crippen molar-refractivity contribution in [1.29, 1.82) is 0 Å². The molecule has 1 saturated heterocycles. The first-order valence-corrected chi connectivity index (χ1v) is 7.26. The van der Waals surface area contributed by atoms with Crippen LogP contribution in [0.15, 0.2) is 33.7 Å². The number of amides is 2. The lowest BCUT2D eigenvalue weighted by atomic mass is 10.2. The molecule has 7 heteroatoms. The maximum absolute atomic E-state index is 11.9. The highest BCUT2D eigenvalue weighted by atomic mass is 79.9. The zero-order chi connectivity index (χ0) is 13.8. The van der Waals surface area contributed by atoms with E-state index in [1.807, 2.05) is 18.2 Å². The third-order valence-corrected chi connectivity index (χ3v) is 4.36. The molecule has 0 saturated carbocycles. The third kappa shape index (κ3) is 3.57. The predicted molar refractivity (Wildman–Crippen MR) is 80.3 cm³/mol. The van der Waals surface area contributed by atoms with Gasteiger partial charge in [-0.2, -0.15) is 0 Å².